The van der Waals surface area contributed by atoms with Gasteiger partial charge in [0.25, 0.3) is 11.1 Å². The molecule has 7 heteroatoms. The second-order valence-corrected chi connectivity index (χ2v) is 8.28. The van der Waals surface area contributed by atoms with E-state index in [4.69, 9.17) is 11.6 Å². The molecule has 0 unspecified atom stereocenters. The number of imide groups is 1. The lowest BCUT2D eigenvalue weighted by Crippen LogP contribution is -2.27. The highest BCUT2D eigenvalue weighted by atomic mass is 35.5. The minimum Gasteiger partial charge on any atom is -0.303 e. The van der Waals surface area contributed by atoms with Gasteiger partial charge < -0.3 is 4.57 Å². The summed E-state index contributed by atoms with van der Waals surface area (Å²) >= 11 is 6.94. The van der Waals surface area contributed by atoms with E-state index in [1.165, 1.54) is 0 Å². The Labute approximate surface area is 178 Å². The first-order chi connectivity index (χ1) is 13.8. The average Bonchev–Trinajstić information content (AvgIpc) is 3.11. The first-order valence-corrected chi connectivity index (χ1v) is 10.2. The molecule has 2 amide bonds. The van der Waals surface area contributed by atoms with Crippen molar-refractivity contribution in [2.24, 2.45) is 0 Å². The SMILES string of the molecule is Cc1ccc(-n2c(C)cc(/C=C3/SC(=O)N(c4cccc(Cl)c4)C3=O)c2C)nc1. The molecule has 0 bridgehead atoms. The minimum atomic E-state index is -0.347. The summed E-state index contributed by atoms with van der Waals surface area (Å²) in [5.74, 6) is 0.470. The first kappa shape index (κ1) is 19.5. The topological polar surface area (TPSA) is 55.2 Å². The Balaban J connectivity index is 1.70. The van der Waals surface area contributed by atoms with Gasteiger partial charge in [-0.05, 0) is 80.1 Å². The summed E-state index contributed by atoms with van der Waals surface area (Å²) in [5.41, 5.74) is 4.39. The number of benzene rings is 1. The van der Waals surface area contributed by atoms with E-state index in [0.717, 1.165) is 45.0 Å². The molecule has 0 atom stereocenters. The Bertz CT molecular complexity index is 1170. The van der Waals surface area contributed by atoms with Crippen LogP contribution in [0, 0.1) is 20.8 Å². The van der Waals surface area contributed by atoms with Crippen molar-refractivity contribution in [3.63, 3.8) is 0 Å². The number of nitrogens with zero attached hydrogens (tertiary/aromatic N) is 3. The highest BCUT2D eigenvalue weighted by Gasteiger charge is 2.36. The van der Waals surface area contributed by atoms with E-state index in [0.29, 0.717) is 15.6 Å². The molecule has 4 rings (SSSR count). The van der Waals surface area contributed by atoms with E-state index < -0.39 is 0 Å². The minimum absolute atomic E-state index is 0.336. The van der Waals surface area contributed by atoms with Gasteiger partial charge in [0.05, 0.1) is 10.6 Å². The van der Waals surface area contributed by atoms with Gasteiger partial charge in [-0.3, -0.25) is 9.59 Å². The molecular formula is C22H18ClN3O2S. The number of carbonyl (C=O) groups excluding carboxylic acids is 2. The third kappa shape index (κ3) is 3.61. The molecule has 1 fully saturated rings. The third-order valence-electron chi connectivity index (χ3n) is 4.74. The normalized spacial score (nSPS) is 15.6. The molecule has 3 heterocycles. The zero-order chi connectivity index (χ0) is 20.7. The zero-order valence-corrected chi connectivity index (χ0v) is 17.7. The molecule has 1 aliphatic rings. The number of carbonyl (C=O) groups is 2. The van der Waals surface area contributed by atoms with E-state index in [1.807, 2.05) is 49.7 Å². The fraction of sp³-hybridized carbons (Fsp3) is 0.136. The second-order valence-electron chi connectivity index (χ2n) is 6.85. The van der Waals surface area contributed by atoms with Gasteiger partial charge >= 0.3 is 0 Å². The standard InChI is InChI=1S/C22H18ClN3O2S/c1-13-7-8-20(24-12-13)25-14(2)9-16(15(25)3)10-19-21(27)26(22(28)29-19)18-6-4-5-17(23)11-18/h4-12H,1-3H3/b19-10+. The summed E-state index contributed by atoms with van der Waals surface area (Å²) in [5, 5.41) is 0.136. The highest BCUT2D eigenvalue weighted by Crippen LogP contribution is 2.37. The van der Waals surface area contributed by atoms with Gasteiger partial charge in [0.1, 0.15) is 5.82 Å². The average molecular weight is 424 g/mol. The van der Waals surface area contributed by atoms with E-state index >= 15 is 0 Å². The number of rotatable bonds is 3. The zero-order valence-electron chi connectivity index (χ0n) is 16.1. The Morgan fingerprint density at radius 3 is 2.55 bits per heavy atom. The number of hydrogen-bond acceptors (Lipinski definition) is 4. The van der Waals surface area contributed by atoms with E-state index in [-0.39, 0.29) is 11.1 Å². The molecule has 29 heavy (non-hydrogen) atoms. The van der Waals surface area contributed by atoms with Crippen LogP contribution in [0.15, 0.2) is 53.6 Å². The Hall–Kier alpha value is -2.83. The summed E-state index contributed by atoms with van der Waals surface area (Å²) in [6.07, 6.45) is 3.59. The fourth-order valence-corrected chi connectivity index (χ4v) is 4.34. The highest BCUT2D eigenvalue weighted by molar-refractivity contribution is 8.19. The largest absolute Gasteiger partial charge is 0.303 e. The first-order valence-electron chi connectivity index (χ1n) is 9.00. The second kappa shape index (κ2) is 7.54. The van der Waals surface area contributed by atoms with Crippen molar-refractivity contribution in [3.8, 4) is 5.82 Å². The molecule has 146 valence electrons. The lowest BCUT2D eigenvalue weighted by Gasteiger charge is -2.12. The maximum Gasteiger partial charge on any atom is 0.298 e. The number of amides is 2. The van der Waals surface area contributed by atoms with Gasteiger partial charge in [-0.15, -0.1) is 0 Å². The van der Waals surface area contributed by atoms with Crippen LogP contribution in [0.3, 0.4) is 0 Å². The number of thioether (sulfide) groups is 1. The van der Waals surface area contributed by atoms with Crippen LogP contribution in [-0.2, 0) is 4.79 Å². The molecule has 5 nitrogen and oxygen atoms in total. The maximum absolute atomic E-state index is 12.9. The van der Waals surface area contributed by atoms with Crippen molar-refractivity contribution in [2.75, 3.05) is 4.90 Å². The van der Waals surface area contributed by atoms with Gasteiger partial charge in [0.15, 0.2) is 0 Å². The molecule has 1 saturated heterocycles. The van der Waals surface area contributed by atoms with Crippen LogP contribution in [0.4, 0.5) is 10.5 Å². The van der Waals surface area contributed by atoms with Crippen LogP contribution in [0.25, 0.3) is 11.9 Å². The van der Waals surface area contributed by atoms with Crippen LogP contribution >= 0.6 is 23.4 Å². The van der Waals surface area contributed by atoms with E-state index in [9.17, 15) is 9.59 Å². The molecule has 2 aromatic heterocycles. The molecule has 1 aliphatic heterocycles. The van der Waals surface area contributed by atoms with Crippen LogP contribution in [0.1, 0.15) is 22.5 Å². The fourth-order valence-electron chi connectivity index (χ4n) is 3.33. The Morgan fingerprint density at radius 2 is 1.86 bits per heavy atom. The van der Waals surface area contributed by atoms with Crippen molar-refractivity contribution in [2.45, 2.75) is 20.8 Å². The van der Waals surface area contributed by atoms with Crippen molar-refractivity contribution in [3.05, 3.63) is 81.1 Å². The Kier molecular flexibility index (Phi) is 5.06. The van der Waals surface area contributed by atoms with Crippen LogP contribution in [-0.4, -0.2) is 20.7 Å². The van der Waals surface area contributed by atoms with Gasteiger partial charge in [0.2, 0.25) is 0 Å². The van der Waals surface area contributed by atoms with E-state index in [1.54, 1.807) is 30.3 Å². The van der Waals surface area contributed by atoms with Crippen molar-refractivity contribution in [1.82, 2.24) is 9.55 Å². The van der Waals surface area contributed by atoms with Crippen molar-refractivity contribution in [1.29, 1.82) is 0 Å². The lowest BCUT2D eigenvalue weighted by molar-refractivity contribution is -0.113. The van der Waals surface area contributed by atoms with Crippen molar-refractivity contribution >= 4 is 46.3 Å². The summed E-state index contributed by atoms with van der Waals surface area (Å²) in [6, 6.07) is 12.7. The lowest BCUT2D eigenvalue weighted by atomic mass is 10.2. The maximum atomic E-state index is 12.9. The molecule has 0 spiro atoms. The third-order valence-corrected chi connectivity index (χ3v) is 5.85. The van der Waals surface area contributed by atoms with Gasteiger partial charge in [-0.2, -0.15) is 0 Å². The number of halogens is 1. The predicted molar refractivity (Wildman–Crippen MR) is 118 cm³/mol. The number of pyridine rings is 1. The quantitative estimate of drug-likeness (QED) is 0.507. The molecule has 0 saturated carbocycles. The van der Waals surface area contributed by atoms with Crippen LogP contribution < -0.4 is 4.90 Å². The van der Waals surface area contributed by atoms with Crippen LogP contribution in [0.5, 0.6) is 0 Å². The molecule has 0 radical (unpaired) electrons. The number of aromatic nitrogens is 2. The molecule has 0 N–H and O–H groups in total. The number of aryl methyl sites for hydroxylation is 2. The smallest absolute Gasteiger partial charge is 0.298 e. The number of hydrogen-bond donors (Lipinski definition) is 0. The van der Waals surface area contributed by atoms with Gasteiger partial charge in [-0.1, -0.05) is 23.7 Å². The summed E-state index contributed by atoms with van der Waals surface area (Å²) in [7, 11) is 0. The molecule has 1 aromatic carbocycles. The summed E-state index contributed by atoms with van der Waals surface area (Å²) in [4.78, 5) is 31.4. The summed E-state index contributed by atoms with van der Waals surface area (Å²) < 4.78 is 2.03. The molecular weight excluding hydrogens is 406 g/mol. The van der Waals surface area contributed by atoms with Gasteiger partial charge in [0, 0.05) is 22.6 Å². The van der Waals surface area contributed by atoms with E-state index in [2.05, 4.69) is 4.98 Å². The summed E-state index contributed by atoms with van der Waals surface area (Å²) in [6.45, 7) is 5.96. The van der Waals surface area contributed by atoms with Gasteiger partial charge in [-0.25, -0.2) is 9.88 Å². The Morgan fingerprint density at radius 1 is 1.07 bits per heavy atom. The van der Waals surface area contributed by atoms with Crippen molar-refractivity contribution < 1.29 is 9.59 Å². The molecule has 0 aliphatic carbocycles. The number of anilines is 1. The molecule has 3 aromatic rings. The van der Waals surface area contributed by atoms with Crippen LogP contribution in [0.2, 0.25) is 5.02 Å². The predicted octanol–water partition coefficient (Wildman–Crippen LogP) is 5.69. The monoisotopic (exact) mass is 423 g/mol.